The molecule has 1 aromatic rings. The smallest absolute Gasteiger partial charge is 0.257 e. The number of hydrogen-bond donors (Lipinski definition) is 1. The van der Waals surface area contributed by atoms with Crippen molar-refractivity contribution in [2.24, 2.45) is 5.73 Å². The third-order valence-corrected chi connectivity index (χ3v) is 2.46. The van der Waals surface area contributed by atoms with Crippen molar-refractivity contribution in [3.05, 3.63) is 28.8 Å². The van der Waals surface area contributed by atoms with Gasteiger partial charge in [0, 0.05) is 24.8 Å². The molecule has 0 amide bonds. The van der Waals surface area contributed by atoms with Crippen LogP contribution in [0.1, 0.15) is 11.6 Å². The fraction of sp³-hybridized carbons (Fsp3) is 0.400. The number of benzene rings is 1. The molecular weight excluding hydrogens is 222 g/mol. The van der Waals surface area contributed by atoms with E-state index in [4.69, 9.17) is 17.3 Å². The van der Waals surface area contributed by atoms with Crippen LogP contribution in [0.5, 0.6) is 0 Å². The molecule has 1 atom stereocenters. The molecule has 0 aromatic heterocycles. The summed E-state index contributed by atoms with van der Waals surface area (Å²) in [7, 11) is 3.69. The molecule has 0 unspecified atom stereocenters. The first-order chi connectivity index (χ1) is 6.93. The zero-order valence-electron chi connectivity index (χ0n) is 8.55. The number of halogens is 3. The average molecular weight is 235 g/mol. The highest BCUT2D eigenvalue weighted by Gasteiger charge is 2.20. The standard InChI is InChI=1S/C10H13ClF2N2/c1-15(2)6-3-4-7(8(11)5-6)9(14)10(12)13/h3-5,9-10H,14H2,1-2H3/t9-/m0/s1. The molecule has 5 heteroatoms. The van der Waals surface area contributed by atoms with Crippen LogP contribution in [0.15, 0.2) is 18.2 Å². The maximum absolute atomic E-state index is 12.4. The van der Waals surface area contributed by atoms with Gasteiger partial charge in [-0.25, -0.2) is 8.78 Å². The lowest BCUT2D eigenvalue weighted by Gasteiger charge is -2.17. The molecule has 2 nitrogen and oxygen atoms in total. The van der Waals surface area contributed by atoms with Crippen molar-refractivity contribution >= 4 is 17.3 Å². The maximum Gasteiger partial charge on any atom is 0.257 e. The topological polar surface area (TPSA) is 29.3 Å². The summed E-state index contributed by atoms with van der Waals surface area (Å²) < 4.78 is 24.7. The average Bonchev–Trinajstić information content (AvgIpc) is 2.16. The molecule has 0 spiro atoms. The third-order valence-electron chi connectivity index (χ3n) is 2.13. The molecule has 0 fully saturated rings. The van der Waals surface area contributed by atoms with Crippen molar-refractivity contribution in [1.29, 1.82) is 0 Å². The number of anilines is 1. The predicted octanol–water partition coefficient (Wildman–Crippen LogP) is 2.67. The molecule has 1 aromatic carbocycles. The van der Waals surface area contributed by atoms with Crippen molar-refractivity contribution in [2.45, 2.75) is 12.5 Å². The molecule has 0 aliphatic rings. The Hall–Kier alpha value is -0.870. The predicted molar refractivity (Wildman–Crippen MR) is 58.7 cm³/mol. The maximum atomic E-state index is 12.4. The fourth-order valence-electron chi connectivity index (χ4n) is 1.20. The van der Waals surface area contributed by atoms with E-state index in [1.165, 1.54) is 6.07 Å². The van der Waals surface area contributed by atoms with E-state index in [0.29, 0.717) is 0 Å². The van der Waals surface area contributed by atoms with Gasteiger partial charge in [0.2, 0.25) is 0 Å². The highest BCUT2D eigenvalue weighted by atomic mass is 35.5. The molecule has 0 aliphatic heterocycles. The summed E-state index contributed by atoms with van der Waals surface area (Å²) in [6.45, 7) is 0. The van der Waals surface area contributed by atoms with E-state index in [-0.39, 0.29) is 10.6 Å². The molecule has 2 N–H and O–H groups in total. The quantitative estimate of drug-likeness (QED) is 0.871. The Bertz CT molecular complexity index is 342. The minimum atomic E-state index is -2.60. The molecule has 0 heterocycles. The van der Waals surface area contributed by atoms with E-state index in [2.05, 4.69) is 0 Å². The largest absolute Gasteiger partial charge is 0.378 e. The number of nitrogens with two attached hydrogens (primary N) is 1. The summed E-state index contributed by atoms with van der Waals surface area (Å²) in [4.78, 5) is 1.84. The van der Waals surface area contributed by atoms with Crippen molar-refractivity contribution in [3.8, 4) is 0 Å². The molecule has 0 bridgehead atoms. The lowest BCUT2D eigenvalue weighted by atomic mass is 10.1. The summed E-state index contributed by atoms with van der Waals surface area (Å²) >= 11 is 5.87. The summed E-state index contributed by atoms with van der Waals surface area (Å²) in [5, 5.41) is 0.272. The second-order valence-electron chi connectivity index (χ2n) is 3.46. The first-order valence-corrected chi connectivity index (χ1v) is 4.81. The Morgan fingerprint density at radius 2 is 1.93 bits per heavy atom. The van der Waals surface area contributed by atoms with Crippen LogP contribution in [0.2, 0.25) is 5.02 Å². The molecule has 0 saturated carbocycles. The summed E-state index contributed by atoms with van der Waals surface area (Å²) in [5.74, 6) is 0. The Morgan fingerprint density at radius 1 is 1.33 bits per heavy atom. The van der Waals surface area contributed by atoms with Crippen LogP contribution >= 0.6 is 11.6 Å². The van der Waals surface area contributed by atoms with Crippen LogP contribution in [-0.2, 0) is 0 Å². The Balaban J connectivity index is 3.03. The summed E-state index contributed by atoms with van der Waals surface area (Å²) in [6.07, 6.45) is -2.60. The Labute approximate surface area is 92.6 Å². The lowest BCUT2D eigenvalue weighted by Crippen LogP contribution is -2.19. The molecule has 84 valence electrons. The van der Waals surface area contributed by atoms with Gasteiger partial charge >= 0.3 is 0 Å². The monoisotopic (exact) mass is 234 g/mol. The number of rotatable bonds is 3. The minimum absolute atomic E-state index is 0.272. The first kappa shape index (κ1) is 12.2. The van der Waals surface area contributed by atoms with Gasteiger partial charge in [-0.3, -0.25) is 0 Å². The number of hydrogen-bond acceptors (Lipinski definition) is 2. The second kappa shape index (κ2) is 4.77. The van der Waals surface area contributed by atoms with Crippen LogP contribution in [0.25, 0.3) is 0 Å². The fourth-order valence-corrected chi connectivity index (χ4v) is 1.50. The number of alkyl halides is 2. The normalized spacial score (nSPS) is 13.0. The SMILES string of the molecule is CN(C)c1ccc([C@H](N)C(F)F)c(Cl)c1. The number of nitrogens with zero attached hydrogens (tertiary/aromatic N) is 1. The lowest BCUT2D eigenvalue weighted by molar-refractivity contribution is 0.116. The van der Waals surface area contributed by atoms with Gasteiger partial charge in [-0.15, -0.1) is 0 Å². The van der Waals surface area contributed by atoms with Gasteiger partial charge in [-0.05, 0) is 17.7 Å². The third kappa shape index (κ3) is 2.79. The van der Waals surface area contributed by atoms with Crippen LogP contribution in [-0.4, -0.2) is 20.5 Å². The van der Waals surface area contributed by atoms with Gasteiger partial charge in [-0.1, -0.05) is 17.7 Å². The van der Waals surface area contributed by atoms with Crippen molar-refractivity contribution in [3.63, 3.8) is 0 Å². The molecule has 0 radical (unpaired) electrons. The molecular formula is C10H13ClF2N2. The van der Waals surface area contributed by atoms with E-state index in [1.807, 2.05) is 19.0 Å². The van der Waals surface area contributed by atoms with Gasteiger partial charge in [-0.2, -0.15) is 0 Å². The van der Waals surface area contributed by atoms with Gasteiger partial charge in [0.05, 0.1) is 6.04 Å². The van der Waals surface area contributed by atoms with Gasteiger partial charge in [0.15, 0.2) is 0 Å². The van der Waals surface area contributed by atoms with Crippen molar-refractivity contribution in [2.75, 3.05) is 19.0 Å². The highest BCUT2D eigenvalue weighted by Crippen LogP contribution is 2.28. The van der Waals surface area contributed by atoms with Crippen LogP contribution < -0.4 is 10.6 Å². The zero-order valence-corrected chi connectivity index (χ0v) is 9.30. The van der Waals surface area contributed by atoms with Gasteiger partial charge in [0.25, 0.3) is 6.43 Å². The Kier molecular flexibility index (Phi) is 3.88. The van der Waals surface area contributed by atoms with E-state index >= 15 is 0 Å². The van der Waals surface area contributed by atoms with Crippen LogP contribution in [0.3, 0.4) is 0 Å². The van der Waals surface area contributed by atoms with E-state index in [9.17, 15) is 8.78 Å². The molecule has 1 rings (SSSR count). The van der Waals surface area contributed by atoms with E-state index in [1.54, 1.807) is 12.1 Å². The van der Waals surface area contributed by atoms with Gasteiger partial charge in [0.1, 0.15) is 0 Å². The molecule has 0 aliphatic carbocycles. The summed E-state index contributed by atoms with van der Waals surface area (Å²) in [6, 6.07) is 3.55. The van der Waals surface area contributed by atoms with Gasteiger partial charge < -0.3 is 10.6 Å². The zero-order chi connectivity index (χ0) is 11.6. The van der Waals surface area contributed by atoms with Crippen molar-refractivity contribution < 1.29 is 8.78 Å². The van der Waals surface area contributed by atoms with E-state index < -0.39 is 12.5 Å². The van der Waals surface area contributed by atoms with E-state index in [0.717, 1.165) is 5.69 Å². The highest BCUT2D eigenvalue weighted by molar-refractivity contribution is 6.31. The minimum Gasteiger partial charge on any atom is -0.378 e. The van der Waals surface area contributed by atoms with Crippen LogP contribution in [0.4, 0.5) is 14.5 Å². The molecule has 15 heavy (non-hydrogen) atoms. The Morgan fingerprint density at radius 3 is 2.33 bits per heavy atom. The van der Waals surface area contributed by atoms with Crippen molar-refractivity contribution in [1.82, 2.24) is 0 Å². The first-order valence-electron chi connectivity index (χ1n) is 4.44. The van der Waals surface area contributed by atoms with Crippen LogP contribution in [0, 0.1) is 0 Å². The summed E-state index contributed by atoms with van der Waals surface area (Å²) in [5.41, 5.74) is 6.44. The second-order valence-corrected chi connectivity index (χ2v) is 3.87. The molecule has 0 saturated heterocycles.